The lowest BCUT2D eigenvalue weighted by Crippen LogP contribution is -2.47. The van der Waals surface area contributed by atoms with Gasteiger partial charge in [0, 0.05) is 44.5 Å². The van der Waals surface area contributed by atoms with Crippen LogP contribution in [0.2, 0.25) is 0 Å². The summed E-state index contributed by atoms with van der Waals surface area (Å²) >= 11 is 0. The van der Waals surface area contributed by atoms with Gasteiger partial charge in [0.25, 0.3) is 0 Å². The second-order valence-electron chi connectivity index (χ2n) is 7.15. The van der Waals surface area contributed by atoms with Gasteiger partial charge in [0.2, 0.25) is 12.5 Å². The molecule has 0 amide bonds. The quantitative estimate of drug-likeness (QED) is 0.609. The zero-order valence-electron chi connectivity index (χ0n) is 18.1. The molecule has 2 aromatic carbocycles. The predicted octanol–water partition coefficient (Wildman–Crippen LogP) is 3.65. The van der Waals surface area contributed by atoms with Crippen molar-refractivity contribution in [2.75, 3.05) is 65.7 Å². The molecule has 7 nitrogen and oxygen atoms in total. The molecule has 0 saturated carbocycles. The summed E-state index contributed by atoms with van der Waals surface area (Å²) in [5, 5.41) is 0. The van der Waals surface area contributed by atoms with Gasteiger partial charge in [-0.3, -0.25) is 4.90 Å². The van der Waals surface area contributed by atoms with Crippen LogP contribution in [-0.2, 0) is 6.42 Å². The van der Waals surface area contributed by atoms with E-state index in [-0.39, 0.29) is 24.8 Å². The van der Waals surface area contributed by atoms with Crippen molar-refractivity contribution in [2.45, 2.75) is 6.42 Å². The van der Waals surface area contributed by atoms with Gasteiger partial charge in [-0.05, 0) is 36.2 Å². The zero-order valence-corrected chi connectivity index (χ0v) is 19.7. The Kier molecular flexibility index (Phi) is 9.22. The van der Waals surface area contributed by atoms with Crippen molar-refractivity contribution in [3.8, 4) is 28.7 Å². The summed E-state index contributed by atoms with van der Waals surface area (Å²) in [6.07, 6.45) is 0.931. The van der Waals surface area contributed by atoms with E-state index in [0.29, 0.717) is 24.0 Å². The van der Waals surface area contributed by atoms with Crippen LogP contribution in [0.4, 0.5) is 5.69 Å². The van der Waals surface area contributed by atoms with Crippen molar-refractivity contribution in [1.82, 2.24) is 4.90 Å². The Morgan fingerprint density at radius 1 is 0.806 bits per heavy atom. The number of rotatable bonds is 7. The van der Waals surface area contributed by atoms with Gasteiger partial charge in [0.15, 0.2) is 23.0 Å². The van der Waals surface area contributed by atoms with Gasteiger partial charge in [0.1, 0.15) is 0 Å². The molecule has 2 aliphatic rings. The number of halogens is 2. The van der Waals surface area contributed by atoms with Crippen LogP contribution in [0.3, 0.4) is 0 Å². The van der Waals surface area contributed by atoms with Gasteiger partial charge in [0.05, 0.1) is 21.3 Å². The third-order valence-electron chi connectivity index (χ3n) is 5.53. The minimum absolute atomic E-state index is 0. The zero-order chi connectivity index (χ0) is 20.2. The highest BCUT2D eigenvalue weighted by Gasteiger charge is 2.21. The standard InChI is InChI=1S/C22H28N2O5.2ClH/c1-25-20-12-16(13-21(26-2)22(20)27-3)6-7-23-8-10-24(11-9-23)17-4-5-18-19(14-17)29-15-28-18;;/h4-5,12-14H,6-11,15H2,1-3H3;2*1H. The van der Waals surface area contributed by atoms with Crippen LogP contribution in [-0.4, -0.2) is 65.7 Å². The molecule has 172 valence electrons. The molecule has 2 heterocycles. The molecule has 9 heteroatoms. The van der Waals surface area contributed by atoms with Crippen LogP contribution in [0.1, 0.15) is 5.56 Å². The fraction of sp³-hybridized carbons (Fsp3) is 0.455. The Bertz CT molecular complexity index is 835. The molecule has 0 unspecified atom stereocenters. The number of fused-ring (bicyclic) bond motifs is 1. The van der Waals surface area contributed by atoms with Gasteiger partial charge in [-0.2, -0.15) is 0 Å². The fourth-order valence-corrected chi connectivity index (χ4v) is 3.88. The lowest BCUT2D eigenvalue weighted by molar-refractivity contribution is 0.174. The molecule has 0 spiro atoms. The van der Waals surface area contributed by atoms with E-state index < -0.39 is 0 Å². The van der Waals surface area contributed by atoms with Gasteiger partial charge in [-0.1, -0.05) is 0 Å². The highest BCUT2D eigenvalue weighted by molar-refractivity contribution is 5.85. The van der Waals surface area contributed by atoms with Crippen molar-refractivity contribution in [2.24, 2.45) is 0 Å². The lowest BCUT2D eigenvalue weighted by Gasteiger charge is -2.36. The van der Waals surface area contributed by atoms with Crippen molar-refractivity contribution in [3.63, 3.8) is 0 Å². The molecule has 0 bridgehead atoms. The molecule has 1 fully saturated rings. The van der Waals surface area contributed by atoms with Crippen LogP contribution < -0.4 is 28.6 Å². The first kappa shape index (κ1) is 25.0. The Balaban J connectivity index is 0.00000171. The molecule has 2 aliphatic heterocycles. The average molecular weight is 473 g/mol. The Morgan fingerprint density at radius 2 is 1.45 bits per heavy atom. The topological polar surface area (TPSA) is 52.6 Å². The molecule has 0 aliphatic carbocycles. The molecule has 0 N–H and O–H groups in total. The summed E-state index contributed by atoms with van der Waals surface area (Å²) in [7, 11) is 4.92. The molecule has 31 heavy (non-hydrogen) atoms. The number of hydrogen-bond donors (Lipinski definition) is 0. The SMILES string of the molecule is COc1cc(CCN2CCN(c3ccc4c(c3)OCO4)CC2)cc(OC)c1OC.Cl.Cl. The van der Waals surface area contributed by atoms with Crippen molar-refractivity contribution < 1.29 is 23.7 Å². The maximum atomic E-state index is 5.50. The third kappa shape index (κ3) is 5.53. The second kappa shape index (κ2) is 11.4. The van der Waals surface area contributed by atoms with Crippen LogP contribution in [0.25, 0.3) is 0 Å². The summed E-state index contributed by atoms with van der Waals surface area (Å²) in [5.41, 5.74) is 2.37. The Hall–Kier alpha value is -2.22. The van der Waals surface area contributed by atoms with Crippen molar-refractivity contribution in [3.05, 3.63) is 35.9 Å². The van der Waals surface area contributed by atoms with Crippen LogP contribution >= 0.6 is 24.8 Å². The highest BCUT2D eigenvalue weighted by Crippen LogP contribution is 2.38. The fourth-order valence-electron chi connectivity index (χ4n) is 3.88. The van der Waals surface area contributed by atoms with Gasteiger partial charge >= 0.3 is 0 Å². The minimum Gasteiger partial charge on any atom is -0.493 e. The predicted molar refractivity (Wildman–Crippen MR) is 126 cm³/mol. The largest absolute Gasteiger partial charge is 0.493 e. The summed E-state index contributed by atoms with van der Waals surface area (Å²) < 4.78 is 27.2. The number of nitrogens with zero attached hydrogens (tertiary/aromatic N) is 2. The molecule has 2 aromatic rings. The van der Waals surface area contributed by atoms with E-state index in [4.69, 9.17) is 23.7 Å². The highest BCUT2D eigenvalue weighted by atomic mass is 35.5. The molecule has 0 radical (unpaired) electrons. The molecule has 1 saturated heterocycles. The maximum absolute atomic E-state index is 5.50. The van der Waals surface area contributed by atoms with Crippen molar-refractivity contribution >= 4 is 30.5 Å². The summed E-state index contributed by atoms with van der Waals surface area (Å²) in [6, 6.07) is 10.2. The number of methoxy groups -OCH3 is 3. The van der Waals surface area contributed by atoms with Gasteiger partial charge < -0.3 is 28.6 Å². The Labute approximate surface area is 196 Å². The first-order valence-electron chi connectivity index (χ1n) is 9.87. The first-order chi connectivity index (χ1) is 14.2. The monoisotopic (exact) mass is 472 g/mol. The lowest BCUT2D eigenvalue weighted by atomic mass is 10.1. The number of anilines is 1. The van der Waals surface area contributed by atoms with Gasteiger partial charge in [-0.25, -0.2) is 0 Å². The van der Waals surface area contributed by atoms with E-state index in [1.54, 1.807) is 21.3 Å². The van der Waals surface area contributed by atoms with Crippen LogP contribution in [0, 0.1) is 0 Å². The van der Waals surface area contributed by atoms with E-state index in [0.717, 1.165) is 50.6 Å². The van der Waals surface area contributed by atoms with Gasteiger partial charge in [-0.15, -0.1) is 24.8 Å². The third-order valence-corrected chi connectivity index (χ3v) is 5.53. The summed E-state index contributed by atoms with van der Waals surface area (Å²) in [6.45, 7) is 5.35. The number of piperazine rings is 1. The van der Waals surface area contributed by atoms with E-state index in [9.17, 15) is 0 Å². The van der Waals surface area contributed by atoms with E-state index in [1.807, 2.05) is 18.2 Å². The Morgan fingerprint density at radius 3 is 2.06 bits per heavy atom. The molecule has 4 rings (SSSR count). The average Bonchev–Trinajstić information content (AvgIpc) is 3.25. The minimum atomic E-state index is 0. The smallest absolute Gasteiger partial charge is 0.231 e. The molecule has 0 atom stereocenters. The molecule has 0 aromatic heterocycles. The normalized spacial score (nSPS) is 15.0. The molecular formula is C22H30Cl2N2O5. The summed E-state index contributed by atoms with van der Waals surface area (Å²) in [5.74, 6) is 3.71. The van der Waals surface area contributed by atoms with E-state index in [2.05, 4.69) is 21.9 Å². The van der Waals surface area contributed by atoms with Crippen LogP contribution in [0.5, 0.6) is 28.7 Å². The van der Waals surface area contributed by atoms with E-state index in [1.165, 1.54) is 11.3 Å². The maximum Gasteiger partial charge on any atom is 0.231 e. The summed E-state index contributed by atoms with van der Waals surface area (Å²) in [4.78, 5) is 4.89. The van der Waals surface area contributed by atoms with Crippen LogP contribution in [0.15, 0.2) is 30.3 Å². The number of hydrogen-bond acceptors (Lipinski definition) is 7. The number of benzene rings is 2. The van der Waals surface area contributed by atoms with E-state index >= 15 is 0 Å². The van der Waals surface area contributed by atoms with Crippen molar-refractivity contribution in [1.29, 1.82) is 0 Å². The molecular weight excluding hydrogens is 443 g/mol. The second-order valence-corrected chi connectivity index (χ2v) is 7.15. The first-order valence-corrected chi connectivity index (χ1v) is 9.87. The number of ether oxygens (including phenoxy) is 5.